The molecule has 0 aliphatic rings. The second kappa shape index (κ2) is 61.4. The molecule has 27 heteroatoms. The van der Waals surface area contributed by atoms with Crippen molar-refractivity contribution >= 4 is 156 Å². The Balaban J connectivity index is 0.00000124. The fraction of sp³-hybridized carbons (Fsp3) is 0.462. The van der Waals surface area contributed by atoms with E-state index in [0.29, 0.717) is 18.9 Å². The van der Waals surface area contributed by atoms with Crippen molar-refractivity contribution in [1.82, 2.24) is 47.9 Å². The summed E-state index contributed by atoms with van der Waals surface area (Å²) in [5.41, 5.74) is -24.2. The minimum atomic E-state index is -3.75. The van der Waals surface area contributed by atoms with E-state index in [0.717, 1.165) is 41.5 Å². The van der Waals surface area contributed by atoms with E-state index < -0.39 is 402 Å². The molecule has 0 fully saturated rings. The van der Waals surface area contributed by atoms with Gasteiger partial charge < -0.3 is 47.9 Å². The molecule has 0 saturated heterocycles. The molecule has 0 amide bonds. The van der Waals surface area contributed by atoms with Crippen LogP contribution in [0.25, 0.3) is 0 Å². The van der Waals surface area contributed by atoms with Gasteiger partial charge in [-0.2, -0.15) is 0 Å². The van der Waals surface area contributed by atoms with Crippen LogP contribution in [0.15, 0.2) is 218 Å². The molecule has 144 heavy (non-hydrogen) atoms. The quantitative estimate of drug-likeness (QED) is 0.0217. The molecule has 0 radical (unpaired) electrons. The summed E-state index contributed by atoms with van der Waals surface area (Å²) in [5, 5.41) is 18.8. The lowest BCUT2D eigenvalue weighted by atomic mass is 10.0. The summed E-state index contributed by atoms with van der Waals surface area (Å²) in [4.78, 5) is 113. The van der Waals surface area contributed by atoms with Crippen LogP contribution in [0, 0.1) is 0 Å². The van der Waals surface area contributed by atoms with Crippen LogP contribution in [0.1, 0.15) is 445 Å². The second-order valence-electron chi connectivity index (χ2n) is 33.4. The third-order valence-electron chi connectivity index (χ3n) is 15.8. The summed E-state index contributed by atoms with van der Waals surface area (Å²) < 4.78 is 581. The molecular formula is C117H162Cl9N9O9. The fourth-order valence-electron chi connectivity index (χ4n) is 10.7. The third-order valence-corrected chi connectivity index (χ3v) is 17.7. The number of halogens is 9. The van der Waals surface area contributed by atoms with Gasteiger partial charge in [0.1, 0.15) is 0 Å². The van der Waals surface area contributed by atoms with Crippen LogP contribution in [-0.4, -0.2) is 156 Å². The Morgan fingerprint density at radius 1 is 0.208 bits per heavy atom. The number of nitrogens with one attached hydrogen (secondary N) is 9. The number of rotatable bonds is 27. The number of Topliss-reactive ketones (excluding diaryl/α,β-unsaturated/α-hetero) is 9. The highest BCUT2D eigenvalue weighted by Crippen LogP contribution is 2.24. The van der Waals surface area contributed by atoms with Gasteiger partial charge >= 0.3 is 0 Å². The molecule has 9 aromatic rings. The normalized spacial score (nSPS) is 24.7. The lowest BCUT2D eigenvalue weighted by Gasteiger charge is -2.25. The van der Waals surface area contributed by atoms with E-state index in [2.05, 4.69) is 26.6 Å². The van der Waals surface area contributed by atoms with Gasteiger partial charge in [-0.15, -0.1) is 0 Å². The summed E-state index contributed by atoms with van der Waals surface area (Å²) in [6.45, 7) is -33.2. The highest BCUT2D eigenvalue weighted by Gasteiger charge is 2.30. The molecule has 0 aromatic heterocycles. The van der Waals surface area contributed by atoms with Crippen molar-refractivity contribution in [3.8, 4) is 0 Å². The van der Waals surface area contributed by atoms with E-state index in [9.17, 15) is 43.2 Å². The maximum absolute atomic E-state index is 12.9. The van der Waals surface area contributed by atoms with Crippen LogP contribution in [0.5, 0.6) is 0 Å². The van der Waals surface area contributed by atoms with E-state index in [1.54, 1.807) is 82.5 Å². The Kier molecular flexibility index (Phi) is 23.6. The fourth-order valence-corrected chi connectivity index (χ4v) is 12.2. The Labute approximate surface area is 1010 Å². The van der Waals surface area contributed by atoms with Crippen LogP contribution in [0.3, 0.4) is 0 Å². The molecule has 9 aromatic carbocycles. The molecule has 9 N–H and O–H groups in total. The highest BCUT2D eigenvalue weighted by atomic mass is 35.5. The first-order chi connectivity index (χ1) is 96.5. The molecule has 9 atom stereocenters. The van der Waals surface area contributed by atoms with Crippen LogP contribution >= 0.6 is 104 Å². The predicted molar refractivity (Wildman–Crippen MR) is 613 cm³/mol. The number of hydrogen-bond donors (Lipinski definition) is 9. The Morgan fingerprint density at radius 2 is 0.347 bits per heavy atom. The molecule has 0 saturated carbocycles. The van der Waals surface area contributed by atoms with E-state index in [4.69, 9.17) is 209 Å². The summed E-state index contributed by atoms with van der Waals surface area (Å²) in [6.07, 6.45) is 0. The molecular weight excluding hydrogens is 1990 g/mol. The van der Waals surface area contributed by atoms with Crippen LogP contribution in [-0.2, 0) is 0 Å². The van der Waals surface area contributed by atoms with Crippen LogP contribution in [0.4, 0.5) is 0 Å². The number of carbonyl (C=O) groups excluding carboxylic acids is 9. The van der Waals surface area contributed by atoms with Gasteiger partial charge in [0.2, 0.25) is 0 Å². The molecule has 0 heterocycles. The third kappa shape index (κ3) is 60.0. The van der Waals surface area contributed by atoms with Gasteiger partial charge in [0, 0.05) is 215 Å². The zero-order valence-electron chi connectivity index (χ0n) is 157. The first-order valence-corrected chi connectivity index (χ1v) is 44.8. The van der Waals surface area contributed by atoms with Gasteiger partial charge in [0.25, 0.3) is 0 Å². The minimum Gasteiger partial charge on any atom is -0.303 e. The standard InChI is InChI=1S/9C13H18ClNO/c9*1-9(15-13(2,3)4)12(16)10-6-5-7-11(14)8-10/h9*5-9,15H,1-4H3/t9*9-/m111110000/s1/i2D3,3D3,4D3,5D,6D,7D,8D,9D;5D,6D,7D,8D,9D;2D3,3D3,4D3,9D;2D3,3D3,9D;2D3,9D;2D3,3D3,4D3,5D,6D,7D,8D,9D;5D,6D,7D,8D,9D;2D3,3D3,4D3,9D;2D3,3D3,9D. The van der Waals surface area contributed by atoms with Gasteiger partial charge in [-0.05, 0) is 357 Å². The monoisotopic (exact) mass is 2230 g/mol. The maximum Gasteiger partial charge on any atom is 0.179 e. The smallest absolute Gasteiger partial charge is 0.179 e. The topological polar surface area (TPSA) is 262 Å². The Morgan fingerprint density at radius 3 is 0.493 bits per heavy atom. The summed E-state index contributed by atoms with van der Waals surface area (Å²) in [6, 6.07) is -3.08. The lowest BCUT2D eigenvalue weighted by Crippen LogP contribution is -2.46. The SMILES string of the molecule is [2H]C([2H])([2H])C(C)(C)N[C@]([2H])(C)C(=O)c1cccc(Cl)c1.[2H]C([2H])([2H])C(C)(N[C@@]([2H])(C)C(=O)c1cccc(Cl)c1)C([2H])([2H])[2H].[2H]C([2H])([2H])C(C)(N[C@]([2H])(C)C(=O)c1cccc(Cl)c1)C([2H])([2H])[2H].[2H]C([2H])([2H])C(N[C@@]([2H])(C)C(=O)c1cccc(Cl)c1)(C([2H])([2H])[2H])C([2H])([2H])[2H].[2H]C([2H])([2H])C(N[C@]([2H])(C)C(=O)c1cccc(Cl)c1)(C([2H])([2H])[2H])C([2H])([2H])[2H].[2H]c1c([2H])c(Cl)c([2H])c(C(=O)[C@@]([2H])(C)NC(C([2H])([2H])[2H])(C([2H])([2H])[2H])C([2H])([2H])[2H])c1[2H].[2H]c1c([2H])c(Cl)c([2H])c(C(=O)[C@@]([2H])(C)NC(C)(C)C)c1[2H].[2H]c1c([2H])c(Cl)c([2H])c(C(=O)[C@]([2H])(C)NC(C([2H])([2H])[2H])(C([2H])([2H])[2H])C([2H])([2H])[2H])c1[2H].[2H]c1c([2H])c(Cl)c([2H])c(C(=O)[C@]([2H])(C)NC(C)(C)C)c1[2H]. The van der Waals surface area contributed by atoms with Gasteiger partial charge in [-0.3, -0.25) is 43.2 Å². The molecule has 0 spiro atoms. The molecule has 0 aliphatic heterocycles. The van der Waals surface area contributed by atoms with Crippen molar-refractivity contribution < 1.29 is 147 Å². The van der Waals surface area contributed by atoms with Gasteiger partial charge in [0.05, 0.1) is 88.4 Å². The molecule has 792 valence electrons. The Hall–Kier alpha value is -7.74. The van der Waals surface area contributed by atoms with Gasteiger partial charge in [0.15, 0.2) is 52.0 Å². The van der Waals surface area contributed by atoms with Crippen LogP contribution < -0.4 is 47.9 Å². The summed E-state index contributed by atoms with van der Waals surface area (Å²) >= 11 is 52.0. The second-order valence-corrected chi connectivity index (χ2v) is 37.1. The minimum absolute atomic E-state index is 0.0842. The zero-order valence-corrected chi connectivity index (χ0v) is 87.9. The van der Waals surface area contributed by atoms with E-state index in [1.807, 2.05) is 10.6 Å². The molecule has 0 aliphatic carbocycles. The van der Waals surface area contributed by atoms with Crippen molar-refractivity contribution in [2.24, 2.45) is 0 Å². The van der Waals surface area contributed by atoms with Crippen molar-refractivity contribution in [2.75, 3.05) is 0 Å². The maximum atomic E-state index is 12.9. The molecule has 18 nitrogen and oxygen atoms in total. The van der Waals surface area contributed by atoms with Crippen molar-refractivity contribution in [2.45, 2.75) is 352 Å². The molecule has 9 rings (SSSR count). The van der Waals surface area contributed by atoms with Gasteiger partial charge in [-0.1, -0.05) is 213 Å². The van der Waals surface area contributed by atoms with E-state index in [1.165, 1.54) is 126 Å². The first kappa shape index (κ1) is 55.3. The van der Waals surface area contributed by atoms with Gasteiger partial charge in [-0.25, -0.2) is 0 Å². The molecule has 0 unspecified atom stereocenters. The lowest BCUT2D eigenvalue weighted by molar-refractivity contribution is 0.0929. The number of carbonyl (C=O) groups is 9. The number of ketones is 9. The highest BCUT2D eigenvalue weighted by molar-refractivity contribution is 6.34. The Bertz CT molecular complexity index is 8460. The van der Waals surface area contributed by atoms with Crippen molar-refractivity contribution in [3.63, 3.8) is 0 Å². The molecule has 0 bridgehead atoms. The van der Waals surface area contributed by atoms with E-state index >= 15 is 0 Å². The average Bonchev–Trinajstić information content (AvgIpc) is 0.707. The number of hydrogen-bond acceptors (Lipinski definition) is 18. The predicted octanol–water partition coefficient (Wildman–Crippen LogP) is 29.7. The summed E-state index contributed by atoms with van der Waals surface area (Å²) in [7, 11) is 0. The van der Waals surface area contributed by atoms with Crippen molar-refractivity contribution in [3.05, 3.63) is 313 Å². The number of benzene rings is 9. The largest absolute Gasteiger partial charge is 0.303 e. The first-order valence-electron chi connectivity index (χ1n) is 79.4. The zero-order chi connectivity index (χ0) is 176. The average molecular weight is 2230 g/mol. The summed E-state index contributed by atoms with van der Waals surface area (Å²) in [5.74, 6) is -8.89. The van der Waals surface area contributed by atoms with E-state index in [-0.39, 0.29) is 58.0 Å². The van der Waals surface area contributed by atoms with Crippen LogP contribution in [0.2, 0.25) is 45.2 Å². The van der Waals surface area contributed by atoms with Crippen molar-refractivity contribution in [1.29, 1.82) is 0 Å².